The van der Waals surface area contributed by atoms with Gasteiger partial charge in [0.2, 0.25) is 0 Å². The summed E-state index contributed by atoms with van der Waals surface area (Å²) in [6.07, 6.45) is 0. The van der Waals surface area contributed by atoms with Gasteiger partial charge >= 0.3 is 0 Å². The molecule has 0 bridgehead atoms. The van der Waals surface area contributed by atoms with Crippen LogP contribution in [-0.4, -0.2) is 4.57 Å². The number of nitrogens with zero attached hydrogens (tertiary/aromatic N) is 1. The Balaban J connectivity index is 1.64. The van der Waals surface area contributed by atoms with Crippen LogP contribution in [0.5, 0.6) is 0 Å². The highest BCUT2D eigenvalue weighted by Crippen LogP contribution is 2.51. The third-order valence-corrected chi connectivity index (χ3v) is 9.60. The summed E-state index contributed by atoms with van der Waals surface area (Å²) in [6.45, 7) is 18.8. The maximum absolute atomic E-state index is 2.51. The zero-order valence-electron chi connectivity index (χ0n) is 23.9. The third kappa shape index (κ3) is 3.16. The normalized spacial score (nSPS) is 16.1. The highest BCUT2D eigenvalue weighted by Gasteiger charge is 2.42. The van der Waals surface area contributed by atoms with Crippen molar-refractivity contribution in [3.63, 3.8) is 0 Å². The number of aryl methyl sites for hydroxylation is 3. The van der Waals surface area contributed by atoms with Gasteiger partial charge in [-0.05, 0) is 82.6 Å². The molecule has 6 rings (SSSR count). The van der Waals surface area contributed by atoms with Crippen molar-refractivity contribution >= 4 is 21.8 Å². The van der Waals surface area contributed by atoms with E-state index in [0.717, 1.165) is 0 Å². The topological polar surface area (TPSA) is 4.93 Å². The molecule has 4 aromatic carbocycles. The van der Waals surface area contributed by atoms with Gasteiger partial charge in [-0.1, -0.05) is 90.1 Å². The Morgan fingerprint density at radius 3 is 1.70 bits per heavy atom. The van der Waals surface area contributed by atoms with Gasteiger partial charge in [0, 0.05) is 45.1 Å². The minimum atomic E-state index is -0.0784. The van der Waals surface area contributed by atoms with E-state index < -0.39 is 0 Å². The molecular weight excluding hydrogens is 446 g/mol. The Morgan fingerprint density at radius 1 is 0.568 bits per heavy atom. The predicted molar refractivity (Wildman–Crippen MR) is 159 cm³/mol. The number of hydrogen-bond acceptors (Lipinski definition) is 0. The minimum absolute atomic E-state index is 0.0417. The summed E-state index contributed by atoms with van der Waals surface area (Å²) in [4.78, 5) is 0. The van der Waals surface area contributed by atoms with Gasteiger partial charge in [0.15, 0.2) is 0 Å². The van der Waals surface area contributed by atoms with Crippen LogP contribution < -0.4 is 0 Å². The summed E-state index contributed by atoms with van der Waals surface area (Å²) in [5, 5.41) is 2.72. The molecule has 0 unspecified atom stereocenters. The lowest BCUT2D eigenvalue weighted by Gasteiger charge is -2.44. The Kier molecular flexibility index (Phi) is 4.94. The molecule has 0 saturated carbocycles. The van der Waals surface area contributed by atoms with Gasteiger partial charge in [0.05, 0.1) is 0 Å². The van der Waals surface area contributed by atoms with Crippen molar-refractivity contribution in [3.05, 3.63) is 117 Å². The molecule has 5 aromatic rings. The Bertz CT molecular complexity index is 1720. The molecule has 0 aliphatic heterocycles. The molecular formula is C36H39N. The first-order chi connectivity index (χ1) is 17.4. The molecule has 37 heavy (non-hydrogen) atoms. The second kappa shape index (κ2) is 7.60. The van der Waals surface area contributed by atoms with Crippen molar-refractivity contribution in [2.75, 3.05) is 0 Å². The first-order valence-electron chi connectivity index (χ1n) is 13.6. The molecule has 0 N–H and O–H groups in total. The number of benzene rings is 4. The maximum atomic E-state index is 2.51. The number of fused-ring (bicyclic) bond motifs is 5. The van der Waals surface area contributed by atoms with E-state index in [0.29, 0.717) is 0 Å². The molecule has 1 nitrogen and oxygen atoms in total. The molecule has 1 aromatic heterocycles. The average molecular weight is 486 g/mol. The van der Waals surface area contributed by atoms with Crippen LogP contribution >= 0.6 is 0 Å². The number of hydrogen-bond donors (Lipinski definition) is 0. The summed E-state index contributed by atoms with van der Waals surface area (Å²) in [5.74, 6) is 0. The summed E-state index contributed by atoms with van der Waals surface area (Å²) < 4.78 is 2.42. The van der Waals surface area contributed by atoms with E-state index in [2.05, 4.69) is 140 Å². The maximum Gasteiger partial charge on any atom is 0.0492 e. The minimum Gasteiger partial charge on any atom is -0.344 e. The monoisotopic (exact) mass is 485 g/mol. The molecule has 0 fully saturated rings. The quantitative estimate of drug-likeness (QED) is 0.235. The zero-order valence-corrected chi connectivity index (χ0v) is 23.9. The Labute approximate surface area is 222 Å². The van der Waals surface area contributed by atoms with E-state index in [4.69, 9.17) is 0 Å². The van der Waals surface area contributed by atoms with Crippen molar-refractivity contribution in [1.29, 1.82) is 0 Å². The van der Waals surface area contributed by atoms with Crippen molar-refractivity contribution in [3.8, 4) is 0 Å². The average Bonchev–Trinajstić information content (AvgIpc) is 3.12. The summed E-state index contributed by atoms with van der Waals surface area (Å²) in [7, 11) is 2.24. The molecule has 0 radical (unpaired) electrons. The van der Waals surface area contributed by atoms with Crippen LogP contribution in [-0.2, 0) is 23.3 Å². The second-order valence-electron chi connectivity index (χ2n) is 12.9. The van der Waals surface area contributed by atoms with Crippen LogP contribution in [0.25, 0.3) is 21.8 Å². The molecule has 1 heteroatoms. The lowest BCUT2D eigenvalue weighted by Crippen LogP contribution is -2.36. The molecule has 1 aliphatic carbocycles. The third-order valence-electron chi connectivity index (χ3n) is 9.60. The molecule has 0 saturated heterocycles. The molecule has 1 heterocycles. The molecule has 0 spiro atoms. The largest absolute Gasteiger partial charge is 0.344 e. The Hall–Kier alpha value is -3.32. The summed E-state index contributed by atoms with van der Waals surface area (Å²) in [6, 6.07) is 27.8. The van der Waals surface area contributed by atoms with Crippen LogP contribution in [0.1, 0.15) is 86.1 Å². The van der Waals surface area contributed by atoms with Gasteiger partial charge in [0.1, 0.15) is 0 Å². The fourth-order valence-electron chi connectivity index (χ4n) is 7.39. The molecule has 188 valence electrons. The van der Waals surface area contributed by atoms with E-state index in [1.165, 1.54) is 66.3 Å². The highest BCUT2D eigenvalue weighted by atomic mass is 14.9. The smallest absolute Gasteiger partial charge is 0.0492 e. The van der Waals surface area contributed by atoms with Crippen LogP contribution in [0.3, 0.4) is 0 Å². The molecule has 0 amide bonds. The van der Waals surface area contributed by atoms with Gasteiger partial charge in [-0.3, -0.25) is 0 Å². The SMILES string of the molecule is Cc1ccccc1C(C)(C)c1cc2c(cc1C)c1cc3c(cc1n2C)C(C)(C)c1ccccc1C3(C)C. The van der Waals surface area contributed by atoms with E-state index >= 15 is 0 Å². The van der Waals surface area contributed by atoms with E-state index in [1.807, 2.05) is 0 Å². The van der Waals surface area contributed by atoms with Gasteiger partial charge in [0.25, 0.3) is 0 Å². The van der Waals surface area contributed by atoms with Crippen LogP contribution in [0, 0.1) is 13.8 Å². The van der Waals surface area contributed by atoms with E-state index in [9.17, 15) is 0 Å². The summed E-state index contributed by atoms with van der Waals surface area (Å²) in [5.41, 5.74) is 13.8. The predicted octanol–water partition coefficient (Wildman–Crippen LogP) is 9.24. The molecule has 0 atom stereocenters. The molecule has 1 aliphatic rings. The lowest BCUT2D eigenvalue weighted by molar-refractivity contribution is 0.521. The lowest BCUT2D eigenvalue weighted by atomic mass is 9.60. The second-order valence-corrected chi connectivity index (χ2v) is 12.9. The van der Waals surface area contributed by atoms with Crippen molar-refractivity contribution < 1.29 is 0 Å². The number of aromatic nitrogens is 1. The number of rotatable bonds is 2. The van der Waals surface area contributed by atoms with Gasteiger partial charge < -0.3 is 4.57 Å². The fourth-order valence-corrected chi connectivity index (χ4v) is 7.39. The fraction of sp³-hybridized carbons (Fsp3) is 0.333. The first kappa shape index (κ1) is 24.0. The Morgan fingerprint density at radius 2 is 1.08 bits per heavy atom. The van der Waals surface area contributed by atoms with Crippen molar-refractivity contribution in [2.24, 2.45) is 7.05 Å². The van der Waals surface area contributed by atoms with Crippen LogP contribution in [0.4, 0.5) is 0 Å². The van der Waals surface area contributed by atoms with Crippen molar-refractivity contribution in [1.82, 2.24) is 4.57 Å². The standard InChI is InChI=1S/C36H39N/c1-22-14-10-11-15-26(22)34(3,4)29-20-32-24(18-23(29)2)25-19-30-31(21-33(25)37(32)9)36(7,8)28-17-13-12-16-27(28)35(30,5)6/h10-21H,1-9H3. The van der Waals surface area contributed by atoms with Gasteiger partial charge in [-0.2, -0.15) is 0 Å². The van der Waals surface area contributed by atoms with E-state index in [1.54, 1.807) is 0 Å². The summed E-state index contributed by atoms with van der Waals surface area (Å²) >= 11 is 0. The van der Waals surface area contributed by atoms with Crippen LogP contribution in [0.2, 0.25) is 0 Å². The zero-order chi connectivity index (χ0) is 26.5. The van der Waals surface area contributed by atoms with Gasteiger partial charge in [-0.15, -0.1) is 0 Å². The van der Waals surface area contributed by atoms with Crippen LogP contribution in [0.15, 0.2) is 72.8 Å². The first-order valence-corrected chi connectivity index (χ1v) is 13.6. The van der Waals surface area contributed by atoms with E-state index in [-0.39, 0.29) is 16.2 Å². The van der Waals surface area contributed by atoms with Gasteiger partial charge in [-0.25, -0.2) is 0 Å². The van der Waals surface area contributed by atoms with Crippen molar-refractivity contribution in [2.45, 2.75) is 71.6 Å². The highest BCUT2D eigenvalue weighted by molar-refractivity contribution is 6.09.